The third-order valence-corrected chi connectivity index (χ3v) is 8.86. The van der Waals surface area contributed by atoms with Crippen molar-refractivity contribution >= 4 is 49.2 Å². The summed E-state index contributed by atoms with van der Waals surface area (Å²) in [5.41, 5.74) is 7.68. The van der Waals surface area contributed by atoms with Crippen LogP contribution in [0.4, 0.5) is 24.8 Å². The molecule has 0 bridgehead atoms. The highest BCUT2D eigenvalue weighted by molar-refractivity contribution is 7.91. The molecule has 2 aliphatic rings. The largest absolute Gasteiger partial charge is 0.408 e. The lowest BCUT2D eigenvalue weighted by atomic mass is 10.1. The number of aromatic amines is 1. The molecular formula is C25H24F3N7O3S. The molecule has 4 aromatic rings. The Hall–Kier alpha value is -3.94. The van der Waals surface area contributed by atoms with Gasteiger partial charge in [0.15, 0.2) is 15.7 Å². The molecule has 0 radical (unpaired) electrons. The Morgan fingerprint density at radius 3 is 2.49 bits per heavy atom. The highest BCUT2D eigenvalue weighted by Crippen LogP contribution is 2.43. The van der Waals surface area contributed by atoms with E-state index in [0.717, 1.165) is 0 Å². The molecule has 10 nitrogen and oxygen atoms in total. The molecule has 1 amide bonds. The normalized spacial score (nSPS) is 18.4. The van der Waals surface area contributed by atoms with E-state index in [1.165, 1.54) is 6.20 Å². The van der Waals surface area contributed by atoms with Crippen molar-refractivity contribution in [1.82, 2.24) is 20.2 Å². The number of amides is 1. The molecule has 1 aromatic carbocycles. The molecule has 1 saturated heterocycles. The molecule has 14 heteroatoms. The SMILES string of the molecule is NC(=O)c1cnc(NC(C2CC2)C(F)(F)F)c2c1[nH]c1cc(-c3ccc(N4CCS(=O)(=O)CC4)nn3)ccc12. The number of benzene rings is 1. The van der Waals surface area contributed by atoms with E-state index in [4.69, 9.17) is 5.73 Å². The minimum Gasteiger partial charge on any atom is -0.365 e. The number of nitrogens with one attached hydrogen (secondary N) is 2. The van der Waals surface area contributed by atoms with Gasteiger partial charge in [0.1, 0.15) is 11.9 Å². The topological polar surface area (TPSA) is 147 Å². The van der Waals surface area contributed by atoms with Crippen molar-refractivity contribution in [2.45, 2.75) is 25.1 Å². The number of rotatable bonds is 6. The van der Waals surface area contributed by atoms with Crippen LogP contribution >= 0.6 is 0 Å². The molecular weight excluding hydrogens is 535 g/mol. The summed E-state index contributed by atoms with van der Waals surface area (Å²) < 4.78 is 64.6. The monoisotopic (exact) mass is 559 g/mol. The summed E-state index contributed by atoms with van der Waals surface area (Å²) in [6, 6.07) is 7.04. The van der Waals surface area contributed by atoms with Crippen LogP contribution in [0.1, 0.15) is 23.2 Å². The zero-order chi connectivity index (χ0) is 27.5. The maximum atomic E-state index is 13.8. The minimum atomic E-state index is -4.45. The number of pyridine rings is 1. The van der Waals surface area contributed by atoms with Crippen molar-refractivity contribution in [3.63, 3.8) is 0 Å². The number of carbonyl (C=O) groups excluding carboxylic acids is 1. The number of primary amides is 1. The van der Waals surface area contributed by atoms with Gasteiger partial charge in [-0.2, -0.15) is 13.2 Å². The van der Waals surface area contributed by atoms with Crippen molar-refractivity contribution in [3.8, 4) is 11.3 Å². The lowest BCUT2D eigenvalue weighted by Crippen LogP contribution is -2.40. The summed E-state index contributed by atoms with van der Waals surface area (Å²) in [5, 5.41) is 12.1. The van der Waals surface area contributed by atoms with E-state index >= 15 is 0 Å². The van der Waals surface area contributed by atoms with E-state index in [1.54, 1.807) is 30.3 Å². The number of carbonyl (C=O) groups is 1. The van der Waals surface area contributed by atoms with E-state index in [-0.39, 0.29) is 22.9 Å². The predicted octanol–water partition coefficient (Wildman–Crippen LogP) is 3.26. The van der Waals surface area contributed by atoms with Gasteiger partial charge in [0.05, 0.1) is 33.7 Å². The van der Waals surface area contributed by atoms with Gasteiger partial charge in [-0.1, -0.05) is 12.1 Å². The molecule has 6 rings (SSSR count). The van der Waals surface area contributed by atoms with Crippen LogP contribution in [0.3, 0.4) is 0 Å². The number of nitrogens with two attached hydrogens (primary N) is 1. The van der Waals surface area contributed by atoms with Gasteiger partial charge in [-0.3, -0.25) is 4.79 Å². The summed E-state index contributed by atoms with van der Waals surface area (Å²) in [4.78, 5) is 21.2. The molecule has 1 aliphatic carbocycles. The lowest BCUT2D eigenvalue weighted by Gasteiger charge is -2.27. The molecule has 4 heterocycles. The van der Waals surface area contributed by atoms with Crippen molar-refractivity contribution in [2.24, 2.45) is 11.7 Å². The van der Waals surface area contributed by atoms with Gasteiger partial charge in [-0.25, -0.2) is 13.4 Å². The van der Waals surface area contributed by atoms with Gasteiger partial charge in [0.2, 0.25) is 0 Å². The Balaban J connectivity index is 1.37. The number of halogens is 3. The second kappa shape index (κ2) is 9.07. The molecule has 1 saturated carbocycles. The molecule has 0 spiro atoms. The second-order valence-electron chi connectivity index (χ2n) is 9.94. The number of aromatic nitrogens is 4. The Morgan fingerprint density at radius 1 is 1.13 bits per heavy atom. The Kier molecular flexibility index (Phi) is 5.90. The number of fused-ring (bicyclic) bond motifs is 3. The summed E-state index contributed by atoms with van der Waals surface area (Å²) in [6.07, 6.45) is -2.31. The third kappa shape index (κ3) is 4.84. The van der Waals surface area contributed by atoms with Crippen molar-refractivity contribution in [2.75, 3.05) is 34.8 Å². The molecule has 4 N–H and O–H groups in total. The van der Waals surface area contributed by atoms with Gasteiger partial charge in [0.25, 0.3) is 5.91 Å². The number of alkyl halides is 3. The number of nitrogens with zero attached hydrogens (tertiary/aromatic N) is 4. The average Bonchev–Trinajstić information content (AvgIpc) is 3.65. The van der Waals surface area contributed by atoms with Gasteiger partial charge >= 0.3 is 6.18 Å². The van der Waals surface area contributed by atoms with Crippen LogP contribution < -0.4 is 16.0 Å². The van der Waals surface area contributed by atoms with E-state index < -0.39 is 33.9 Å². The second-order valence-corrected chi connectivity index (χ2v) is 12.2. The van der Waals surface area contributed by atoms with Gasteiger partial charge in [-0.15, -0.1) is 10.2 Å². The number of hydrogen-bond acceptors (Lipinski definition) is 8. The average molecular weight is 560 g/mol. The molecule has 204 valence electrons. The first-order valence-electron chi connectivity index (χ1n) is 12.4. The molecule has 1 unspecified atom stereocenters. The molecule has 39 heavy (non-hydrogen) atoms. The highest BCUT2D eigenvalue weighted by atomic mass is 32.2. The summed E-state index contributed by atoms with van der Waals surface area (Å²) in [5.74, 6) is -0.551. The molecule has 3 aromatic heterocycles. The van der Waals surface area contributed by atoms with E-state index in [1.807, 2.05) is 4.90 Å². The summed E-state index contributed by atoms with van der Waals surface area (Å²) >= 11 is 0. The minimum absolute atomic E-state index is 0.0240. The highest BCUT2D eigenvalue weighted by Gasteiger charge is 2.49. The Morgan fingerprint density at radius 2 is 1.87 bits per heavy atom. The van der Waals surface area contributed by atoms with Crippen LogP contribution in [0.15, 0.2) is 36.5 Å². The Bertz CT molecular complexity index is 1690. The van der Waals surface area contributed by atoms with Gasteiger partial charge in [-0.05, 0) is 37.0 Å². The fourth-order valence-corrected chi connectivity index (χ4v) is 6.19. The first-order valence-corrected chi connectivity index (χ1v) is 14.2. The van der Waals surface area contributed by atoms with E-state index in [0.29, 0.717) is 64.8 Å². The molecule has 1 aliphatic heterocycles. The quantitative estimate of drug-likeness (QED) is 0.326. The van der Waals surface area contributed by atoms with Crippen molar-refractivity contribution in [1.29, 1.82) is 0 Å². The first-order chi connectivity index (χ1) is 18.5. The van der Waals surface area contributed by atoms with Crippen LogP contribution in [-0.2, 0) is 9.84 Å². The molecule has 1 atom stereocenters. The van der Waals surface area contributed by atoms with Crippen molar-refractivity contribution in [3.05, 3.63) is 42.1 Å². The zero-order valence-electron chi connectivity index (χ0n) is 20.5. The van der Waals surface area contributed by atoms with Crippen molar-refractivity contribution < 1.29 is 26.4 Å². The molecule has 2 fully saturated rings. The number of H-pyrrole nitrogens is 1. The number of anilines is 2. The first kappa shape index (κ1) is 25.3. The maximum Gasteiger partial charge on any atom is 0.408 e. The van der Waals surface area contributed by atoms with Crippen LogP contribution in [-0.4, -0.2) is 71.3 Å². The maximum absolute atomic E-state index is 13.8. The summed E-state index contributed by atoms with van der Waals surface area (Å²) in [6.45, 7) is 0.694. The fraction of sp³-hybridized carbons (Fsp3) is 0.360. The van der Waals surface area contributed by atoms with Crippen LogP contribution in [0.25, 0.3) is 33.1 Å². The lowest BCUT2D eigenvalue weighted by molar-refractivity contribution is -0.146. The Labute approximate surface area is 220 Å². The zero-order valence-corrected chi connectivity index (χ0v) is 21.3. The van der Waals surface area contributed by atoms with E-state index in [9.17, 15) is 26.4 Å². The predicted molar refractivity (Wildman–Crippen MR) is 140 cm³/mol. The number of sulfone groups is 1. The fourth-order valence-electron chi connectivity index (χ4n) is 4.99. The van der Waals surface area contributed by atoms with E-state index in [2.05, 4.69) is 25.5 Å². The smallest absolute Gasteiger partial charge is 0.365 e. The van der Waals surface area contributed by atoms with Gasteiger partial charge in [0, 0.05) is 35.8 Å². The summed E-state index contributed by atoms with van der Waals surface area (Å²) in [7, 11) is -3.02. The third-order valence-electron chi connectivity index (χ3n) is 7.25. The van der Waals surface area contributed by atoms with Crippen LogP contribution in [0.5, 0.6) is 0 Å². The van der Waals surface area contributed by atoms with Crippen LogP contribution in [0, 0.1) is 5.92 Å². The van der Waals surface area contributed by atoms with Crippen LogP contribution in [0.2, 0.25) is 0 Å². The standard InChI is InChI=1S/C25H24F3N7O3S/c26-25(27,28)22(13-1-2-13)32-24-20-15-4-3-14(11-18(15)31-21(20)16(12-30-24)23(29)36)17-5-6-19(34-33-17)35-7-9-39(37,38)10-8-35/h3-6,11-13,22,31H,1-2,7-10H2,(H2,29,36)(H,30,32). The number of hydrogen-bond donors (Lipinski definition) is 3. The van der Waals surface area contributed by atoms with Gasteiger partial charge < -0.3 is 20.9 Å².